The van der Waals surface area contributed by atoms with Crippen LogP contribution in [-0.4, -0.2) is 36.0 Å². The molecule has 0 heterocycles. The largest absolute Gasteiger partial charge is 0.335 e. The predicted molar refractivity (Wildman–Crippen MR) is 94.0 cm³/mol. The first kappa shape index (κ1) is 17.9. The fourth-order valence-corrected chi connectivity index (χ4v) is 2.99. The van der Waals surface area contributed by atoms with Crippen molar-refractivity contribution in [2.75, 3.05) is 7.05 Å². The average molecular weight is 382 g/mol. The lowest BCUT2D eigenvalue weighted by molar-refractivity contribution is -0.124. The molecule has 1 unspecified atom stereocenters. The highest BCUT2D eigenvalue weighted by atomic mass is 79.9. The first-order valence-corrected chi connectivity index (χ1v) is 8.81. The summed E-state index contributed by atoms with van der Waals surface area (Å²) in [5, 5.41) is 5.31. The van der Waals surface area contributed by atoms with Crippen LogP contribution in [0.4, 0.5) is 4.79 Å². The van der Waals surface area contributed by atoms with Crippen LogP contribution in [0.3, 0.4) is 0 Å². The molecule has 2 N–H and O–H groups in total. The molecule has 1 saturated carbocycles. The van der Waals surface area contributed by atoms with Crippen LogP contribution in [0.25, 0.3) is 0 Å². The topological polar surface area (TPSA) is 61.4 Å². The van der Waals surface area contributed by atoms with Gasteiger partial charge < -0.3 is 5.32 Å². The minimum Gasteiger partial charge on any atom is -0.335 e. The van der Waals surface area contributed by atoms with E-state index in [1.165, 1.54) is 0 Å². The molecular formula is C17H24BrN3O2. The Labute approximate surface area is 145 Å². The standard InChI is InChI=1S/C17H24BrN3O2/c1-12(21(2)11-13-7-9-14(18)10-8-13)16(22)20-17(23)19-15-5-3-4-6-15/h7-10,12,15H,3-6,11H2,1-2H3,(H2,19,20,22,23). The van der Waals surface area contributed by atoms with E-state index in [4.69, 9.17) is 0 Å². The number of rotatable bonds is 5. The zero-order valence-electron chi connectivity index (χ0n) is 13.6. The second kappa shape index (κ2) is 8.45. The van der Waals surface area contributed by atoms with Crippen molar-refractivity contribution >= 4 is 27.9 Å². The third-order valence-electron chi connectivity index (χ3n) is 4.31. The van der Waals surface area contributed by atoms with E-state index < -0.39 is 0 Å². The highest BCUT2D eigenvalue weighted by Gasteiger charge is 2.22. The van der Waals surface area contributed by atoms with Gasteiger partial charge >= 0.3 is 6.03 Å². The van der Waals surface area contributed by atoms with Gasteiger partial charge in [-0.25, -0.2) is 4.79 Å². The van der Waals surface area contributed by atoms with Crippen LogP contribution in [0.2, 0.25) is 0 Å². The second-order valence-electron chi connectivity index (χ2n) is 6.16. The number of carbonyl (C=O) groups is 2. The number of hydrogen-bond donors (Lipinski definition) is 2. The summed E-state index contributed by atoms with van der Waals surface area (Å²) in [6.07, 6.45) is 4.29. The van der Waals surface area contributed by atoms with Gasteiger partial charge in [0.15, 0.2) is 0 Å². The highest BCUT2D eigenvalue weighted by Crippen LogP contribution is 2.17. The molecule has 6 heteroatoms. The molecule has 0 aromatic heterocycles. The van der Waals surface area contributed by atoms with E-state index in [-0.39, 0.29) is 24.0 Å². The van der Waals surface area contributed by atoms with Gasteiger partial charge in [0.2, 0.25) is 5.91 Å². The van der Waals surface area contributed by atoms with Crippen molar-refractivity contribution in [2.45, 2.75) is 51.2 Å². The molecule has 1 aromatic rings. The highest BCUT2D eigenvalue weighted by molar-refractivity contribution is 9.10. The minimum atomic E-state index is -0.384. The molecule has 0 saturated heterocycles. The molecule has 23 heavy (non-hydrogen) atoms. The molecule has 0 bridgehead atoms. The normalized spacial score (nSPS) is 16.3. The number of nitrogens with zero attached hydrogens (tertiary/aromatic N) is 1. The van der Waals surface area contributed by atoms with Gasteiger partial charge in [0.25, 0.3) is 0 Å². The van der Waals surface area contributed by atoms with Crippen molar-refractivity contribution in [1.29, 1.82) is 0 Å². The van der Waals surface area contributed by atoms with Crippen LogP contribution in [0.1, 0.15) is 38.2 Å². The second-order valence-corrected chi connectivity index (χ2v) is 7.08. The third-order valence-corrected chi connectivity index (χ3v) is 4.84. The van der Waals surface area contributed by atoms with Crippen molar-refractivity contribution in [1.82, 2.24) is 15.5 Å². The van der Waals surface area contributed by atoms with E-state index in [0.29, 0.717) is 6.54 Å². The summed E-state index contributed by atoms with van der Waals surface area (Å²) in [5.74, 6) is -0.278. The van der Waals surface area contributed by atoms with Gasteiger partial charge in [-0.3, -0.25) is 15.0 Å². The number of amides is 3. The number of urea groups is 1. The van der Waals surface area contributed by atoms with Gasteiger partial charge in [-0.15, -0.1) is 0 Å². The van der Waals surface area contributed by atoms with Crippen LogP contribution in [0.5, 0.6) is 0 Å². The number of carbonyl (C=O) groups excluding carboxylic acids is 2. The Morgan fingerprint density at radius 1 is 1.26 bits per heavy atom. The minimum absolute atomic E-state index is 0.207. The molecule has 126 valence electrons. The van der Waals surface area contributed by atoms with Crippen LogP contribution in [0.15, 0.2) is 28.7 Å². The van der Waals surface area contributed by atoms with E-state index >= 15 is 0 Å². The number of imide groups is 1. The molecular weight excluding hydrogens is 358 g/mol. The number of likely N-dealkylation sites (N-methyl/N-ethyl adjacent to an activating group) is 1. The molecule has 1 aromatic carbocycles. The third kappa shape index (κ3) is 5.62. The van der Waals surface area contributed by atoms with E-state index in [0.717, 1.165) is 35.7 Å². The lowest BCUT2D eigenvalue weighted by Crippen LogP contribution is -2.50. The Bertz CT molecular complexity index is 541. The molecule has 0 spiro atoms. The smallest absolute Gasteiger partial charge is 0.321 e. The summed E-state index contributed by atoms with van der Waals surface area (Å²) in [5.41, 5.74) is 1.12. The molecule has 1 atom stereocenters. The van der Waals surface area contributed by atoms with E-state index in [9.17, 15) is 9.59 Å². The summed E-state index contributed by atoms with van der Waals surface area (Å²) in [6, 6.07) is 7.42. The van der Waals surface area contributed by atoms with Crippen LogP contribution >= 0.6 is 15.9 Å². The number of hydrogen-bond acceptors (Lipinski definition) is 3. The summed E-state index contributed by atoms with van der Waals surface area (Å²) in [6.45, 7) is 2.45. The lowest BCUT2D eigenvalue weighted by Gasteiger charge is -2.24. The molecule has 1 aliphatic carbocycles. The van der Waals surface area contributed by atoms with Gasteiger partial charge in [-0.2, -0.15) is 0 Å². The molecule has 1 aliphatic rings. The van der Waals surface area contributed by atoms with Crippen LogP contribution in [-0.2, 0) is 11.3 Å². The SMILES string of the molecule is CC(C(=O)NC(=O)NC1CCCC1)N(C)Cc1ccc(Br)cc1. The molecule has 5 nitrogen and oxygen atoms in total. The number of nitrogens with one attached hydrogen (secondary N) is 2. The molecule has 3 amide bonds. The van der Waals surface area contributed by atoms with E-state index in [1.807, 2.05) is 36.2 Å². The van der Waals surface area contributed by atoms with Crippen LogP contribution in [0, 0.1) is 0 Å². The Balaban J connectivity index is 1.80. The first-order chi connectivity index (χ1) is 11.0. The van der Waals surface area contributed by atoms with Crippen molar-refractivity contribution in [3.05, 3.63) is 34.3 Å². The monoisotopic (exact) mass is 381 g/mol. The van der Waals surface area contributed by atoms with E-state index in [2.05, 4.69) is 26.6 Å². The molecule has 0 aliphatic heterocycles. The van der Waals surface area contributed by atoms with Crippen molar-refractivity contribution in [2.24, 2.45) is 0 Å². The molecule has 1 fully saturated rings. The number of benzene rings is 1. The average Bonchev–Trinajstić information content (AvgIpc) is 3.01. The Kier molecular flexibility index (Phi) is 6.59. The molecule has 2 rings (SSSR count). The summed E-state index contributed by atoms with van der Waals surface area (Å²) < 4.78 is 1.03. The van der Waals surface area contributed by atoms with Crippen molar-refractivity contribution in [3.63, 3.8) is 0 Å². The van der Waals surface area contributed by atoms with Gasteiger partial charge in [0, 0.05) is 17.1 Å². The maximum Gasteiger partial charge on any atom is 0.321 e. The van der Waals surface area contributed by atoms with Gasteiger partial charge in [0.1, 0.15) is 0 Å². The number of halogens is 1. The van der Waals surface area contributed by atoms with Crippen molar-refractivity contribution < 1.29 is 9.59 Å². The summed E-state index contributed by atoms with van der Waals surface area (Å²) in [4.78, 5) is 26.0. The van der Waals surface area contributed by atoms with Gasteiger partial charge in [-0.05, 0) is 44.5 Å². The van der Waals surface area contributed by atoms with Gasteiger partial charge in [0.05, 0.1) is 6.04 Å². The predicted octanol–water partition coefficient (Wildman–Crippen LogP) is 3.04. The molecule has 0 radical (unpaired) electrons. The van der Waals surface area contributed by atoms with Crippen molar-refractivity contribution in [3.8, 4) is 0 Å². The quantitative estimate of drug-likeness (QED) is 0.823. The Morgan fingerprint density at radius 2 is 1.87 bits per heavy atom. The Hall–Kier alpha value is -1.40. The first-order valence-electron chi connectivity index (χ1n) is 8.01. The fourth-order valence-electron chi connectivity index (χ4n) is 2.72. The van der Waals surface area contributed by atoms with Gasteiger partial charge in [-0.1, -0.05) is 40.9 Å². The summed E-state index contributed by atoms with van der Waals surface area (Å²) >= 11 is 3.40. The summed E-state index contributed by atoms with van der Waals surface area (Å²) in [7, 11) is 1.88. The zero-order valence-corrected chi connectivity index (χ0v) is 15.2. The van der Waals surface area contributed by atoms with E-state index in [1.54, 1.807) is 6.92 Å². The van der Waals surface area contributed by atoms with Crippen LogP contribution < -0.4 is 10.6 Å². The fraction of sp³-hybridized carbons (Fsp3) is 0.529. The maximum atomic E-state index is 12.2. The Morgan fingerprint density at radius 3 is 2.48 bits per heavy atom. The maximum absolute atomic E-state index is 12.2. The lowest BCUT2D eigenvalue weighted by atomic mass is 10.2. The zero-order chi connectivity index (χ0) is 16.8.